The lowest BCUT2D eigenvalue weighted by molar-refractivity contribution is 0.176. The Morgan fingerprint density at radius 2 is 2.00 bits per heavy atom. The quantitative estimate of drug-likeness (QED) is 0.902. The van der Waals surface area contributed by atoms with Gasteiger partial charge in [-0.2, -0.15) is 5.10 Å². The zero-order chi connectivity index (χ0) is 13.8. The third kappa shape index (κ3) is 3.38. The van der Waals surface area contributed by atoms with E-state index in [1.54, 1.807) is 0 Å². The van der Waals surface area contributed by atoms with E-state index < -0.39 is 0 Å². The summed E-state index contributed by atoms with van der Waals surface area (Å²) < 4.78 is 3.34. The minimum Gasteiger partial charge on any atom is -0.330 e. The maximum absolute atomic E-state index is 5.75. The second-order valence-electron chi connectivity index (χ2n) is 5.33. The maximum atomic E-state index is 5.75. The van der Waals surface area contributed by atoms with Crippen molar-refractivity contribution in [1.29, 1.82) is 0 Å². The molecular formula is C14H25BrN4. The Kier molecular flexibility index (Phi) is 5.42. The second-order valence-corrected chi connectivity index (χ2v) is 6.12. The van der Waals surface area contributed by atoms with E-state index in [-0.39, 0.29) is 0 Å². The van der Waals surface area contributed by atoms with Gasteiger partial charge in [-0.3, -0.25) is 9.58 Å². The molecule has 0 saturated carbocycles. The first-order chi connectivity index (χ1) is 9.19. The number of likely N-dealkylation sites (tertiary alicyclic amines) is 1. The average Bonchev–Trinajstić information content (AvgIpc) is 2.76. The van der Waals surface area contributed by atoms with Crippen molar-refractivity contribution in [1.82, 2.24) is 14.7 Å². The van der Waals surface area contributed by atoms with E-state index in [9.17, 15) is 0 Å². The first kappa shape index (κ1) is 15.0. The van der Waals surface area contributed by atoms with E-state index in [4.69, 9.17) is 5.73 Å². The molecule has 0 amide bonds. The summed E-state index contributed by atoms with van der Waals surface area (Å²) in [6, 6.07) is 0. The zero-order valence-corrected chi connectivity index (χ0v) is 13.6. The van der Waals surface area contributed by atoms with Crippen LogP contribution in [-0.4, -0.2) is 34.3 Å². The molecule has 1 aliphatic heterocycles. The van der Waals surface area contributed by atoms with Gasteiger partial charge in [-0.15, -0.1) is 0 Å². The fourth-order valence-corrected chi connectivity index (χ4v) is 3.45. The first-order valence-electron chi connectivity index (χ1n) is 7.36. The van der Waals surface area contributed by atoms with Gasteiger partial charge in [0.2, 0.25) is 0 Å². The molecule has 0 unspecified atom stereocenters. The highest BCUT2D eigenvalue weighted by molar-refractivity contribution is 9.10. The summed E-state index contributed by atoms with van der Waals surface area (Å²) in [7, 11) is 0. The fraction of sp³-hybridized carbons (Fsp3) is 0.786. The molecule has 5 heteroatoms. The molecule has 2 heterocycles. The summed E-state index contributed by atoms with van der Waals surface area (Å²) >= 11 is 3.73. The van der Waals surface area contributed by atoms with Gasteiger partial charge in [-0.1, -0.05) is 6.92 Å². The van der Waals surface area contributed by atoms with Crippen LogP contribution in [0.4, 0.5) is 0 Å². The number of rotatable bonds is 5. The fourth-order valence-electron chi connectivity index (χ4n) is 2.76. The summed E-state index contributed by atoms with van der Waals surface area (Å²) in [5.74, 6) is 0.724. The molecule has 1 saturated heterocycles. The molecule has 0 spiro atoms. The molecule has 2 rings (SSSR count). The van der Waals surface area contributed by atoms with Crippen molar-refractivity contribution in [2.75, 3.05) is 19.6 Å². The Balaban J connectivity index is 2.05. The van der Waals surface area contributed by atoms with Crippen molar-refractivity contribution < 1.29 is 0 Å². The molecule has 1 aromatic rings. The van der Waals surface area contributed by atoms with Gasteiger partial charge in [0.05, 0.1) is 15.9 Å². The third-order valence-electron chi connectivity index (χ3n) is 4.11. The summed E-state index contributed by atoms with van der Waals surface area (Å²) in [5.41, 5.74) is 8.25. The predicted molar refractivity (Wildman–Crippen MR) is 82.0 cm³/mol. The largest absolute Gasteiger partial charge is 0.330 e. The Bertz CT molecular complexity index is 408. The molecule has 0 radical (unpaired) electrons. The van der Waals surface area contributed by atoms with Crippen LogP contribution in [0.3, 0.4) is 0 Å². The van der Waals surface area contributed by atoms with Crippen LogP contribution in [0, 0.1) is 5.92 Å². The van der Waals surface area contributed by atoms with Crippen LogP contribution in [-0.2, 0) is 19.5 Å². The number of aryl methyl sites for hydroxylation is 2. The number of halogens is 1. The van der Waals surface area contributed by atoms with Crippen molar-refractivity contribution in [2.24, 2.45) is 11.7 Å². The molecule has 0 bridgehead atoms. The van der Waals surface area contributed by atoms with Crippen molar-refractivity contribution in [3.63, 3.8) is 0 Å². The molecule has 4 nitrogen and oxygen atoms in total. The number of hydrogen-bond acceptors (Lipinski definition) is 3. The van der Waals surface area contributed by atoms with Gasteiger partial charge in [0.1, 0.15) is 0 Å². The molecule has 0 atom stereocenters. The lowest BCUT2D eigenvalue weighted by Crippen LogP contribution is -2.36. The number of nitrogens with two attached hydrogens (primary N) is 1. The van der Waals surface area contributed by atoms with Gasteiger partial charge in [-0.25, -0.2) is 0 Å². The summed E-state index contributed by atoms with van der Waals surface area (Å²) in [5, 5.41) is 4.67. The normalized spacial score (nSPS) is 18.1. The number of nitrogens with zero attached hydrogens (tertiary/aromatic N) is 3. The number of piperidine rings is 1. The maximum Gasteiger partial charge on any atom is 0.0767 e. The average molecular weight is 329 g/mol. The van der Waals surface area contributed by atoms with Crippen molar-refractivity contribution in [3.05, 3.63) is 15.9 Å². The van der Waals surface area contributed by atoms with E-state index in [1.165, 1.54) is 28.7 Å². The van der Waals surface area contributed by atoms with Crippen LogP contribution in [0.25, 0.3) is 0 Å². The van der Waals surface area contributed by atoms with E-state index in [0.717, 1.165) is 45.1 Å². The molecular weight excluding hydrogens is 304 g/mol. The zero-order valence-electron chi connectivity index (χ0n) is 12.0. The minimum atomic E-state index is 0.724. The van der Waals surface area contributed by atoms with Crippen molar-refractivity contribution in [3.8, 4) is 0 Å². The summed E-state index contributed by atoms with van der Waals surface area (Å²) in [6.45, 7) is 9.40. The predicted octanol–water partition coefficient (Wildman–Crippen LogP) is 2.40. The van der Waals surface area contributed by atoms with E-state index in [0.29, 0.717) is 0 Å². The first-order valence-corrected chi connectivity index (χ1v) is 8.15. The van der Waals surface area contributed by atoms with Crippen LogP contribution < -0.4 is 5.73 Å². The van der Waals surface area contributed by atoms with Crippen molar-refractivity contribution in [2.45, 2.75) is 46.2 Å². The summed E-state index contributed by atoms with van der Waals surface area (Å²) in [4.78, 5) is 2.53. The Labute approximate surface area is 124 Å². The van der Waals surface area contributed by atoms with Crippen LogP contribution in [0.2, 0.25) is 0 Å². The highest BCUT2D eigenvalue weighted by Crippen LogP contribution is 2.25. The molecule has 1 aliphatic rings. The molecule has 108 valence electrons. The molecule has 19 heavy (non-hydrogen) atoms. The Morgan fingerprint density at radius 1 is 1.32 bits per heavy atom. The Hall–Kier alpha value is -0.390. The van der Waals surface area contributed by atoms with Gasteiger partial charge in [0.25, 0.3) is 0 Å². The molecule has 0 aliphatic carbocycles. The van der Waals surface area contributed by atoms with Gasteiger partial charge >= 0.3 is 0 Å². The Morgan fingerprint density at radius 3 is 2.53 bits per heavy atom. The van der Waals surface area contributed by atoms with Crippen LogP contribution in [0.15, 0.2) is 4.47 Å². The lowest BCUT2D eigenvalue weighted by atomic mass is 9.97. The highest BCUT2D eigenvalue weighted by Gasteiger charge is 2.21. The van der Waals surface area contributed by atoms with Gasteiger partial charge in [0, 0.05) is 13.1 Å². The molecule has 0 aromatic carbocycles. The highest BCUT2D eigenvalue weighted by atomic mass is 79.9. The van der Waals surface area contributed by atoms with E-state index in [2.05, 4.69) is 44.5 Å². The summed E-state index contributed by atoms with van der Waals surface area (Å²) in [6.07, 6.45) is 3.44. The van der Waals surface area contributed by atoms with Gasteiger partial charge < -0.3 is 5.73 Å². The molecule has 1 fully saturated rings. The van der Waals surface area contributed by atoms with Gasteiger partial charge in [0.15, 0.2) is 0 Å². The molecule has 1 aromatic heterocycles. The van der Waals surface area contributed by atoms with Gasteiger partial charge in [-0.05, 0) is 67.7 Å². The smallest absolute Gasteiger partial charge is 0.0767 e. The van der Waals surface area contributed by atoms with E-state index >= 15 is 0 Å². The third-order valence-corrected chi connectivity index (χ3v) is 5.02. The lowest BCUT2D eigenvalue weighted by Gasteiger charge is -2.31. The minimum absolute atomic E-state index is 0.724. The number of aromatic nitrogens is 2. The second kappa shape index (κ2) is 6.86. The van der Waals surface area contributed by atoms with Crippen LogP contribution in [0.1, 0.15) is 38.1 Å². The van der Waals surface area contributed by atoms with Crippen molar-refractivity contribution >= 4 is 15.9 Å². The topological polar surface area (TPSA) is 47.1 Å². The standard InChI is InChI=1S/C14H25BrN4/c1-3-12-14(15)13(19(4-2)17-12)10-18-7-5-11(9-16)6-8-18/h11H,3-10,16H2,1-2H3. The van der Waals surface area contributed by atoms with Crippen LogP contribution >= 0.6 is 15.9 Å². The van der Waals surface area contributed by atoms with E-state index in [1.807, 2.05) is 0 Å². The number of hydrogen-bond donors (Lipinski definition) is 1. The SMILES string of the molecule is CCc1nn(CC)c(CN2CCC(CN)CC2)c1Br. The molecule has 2 N–H and O–H groups in total. The van der Waals surface area contributed by atoms with Crippen LogP contribution in [0.5, 0.6) is 0 Å². The monoisotopic (exact) mass is 328 g/mol.